The lowest BCUT2D eigenvalue weighted by molar-refractivity contribution is -0.152. The SMILES string of the molecule is CC1(C)[C@H](O)[C@H](O)C=C2C[C@](CC(=O)c3cc(O)ccc3O)(C(=O)O)CC[C@@H]21. The van der Waals surface area contributed by atoms with Crippen molar-refractivity contribution in [3.8, 4) is 11.5 Å². The van der Waals surface area contributed by atoms with Crippen LogP contribution in [0.3, 0.4) is 0 Å². The van der Waals surface area contributed by atoms with Crippen molar-refractivity contribution in [2.45, 2.75) is 51.7 Å². The van der Waals surface area contributed by atoms with Crippen LogP contribution < -0.4 is 0 Å². The minimum Gasteiger partial charge on any atom is -0.508 e. The molecule has 0 saturated heterocycles. The molecule has 2 aliphatic rings. The van der Waals surface area contributed by atoms with E-state index >= 15 is 0 Å². The zero-order valence-corrected chi connectivity index (χ0v) is 15.9. The van der Waals surface area contributed by atoms with Gasteiger partial charge in [0.05, 0.1) is 23.2 Å². The van der Waals surface area contributed by atoms with Gasteiger partial charge in [0.25, 0.3) is 0 Å². The van der Waals surface area contributed by atoms with E-state index in [0.29, 0.717) is 6.42 Å². The maximum atomic E-state index is 12.8. The van der Waals surface area contributed by atoms with Gasteiger partial charge in [-0.1, -0.05) is 25.5 Å². The second-order valence-corrected chi connectivity index (χ2v) is 8.65. The first-order valence-electron chi connectivity index (χ1n) is 9.33. The standard InChI is InChI=1S/C21H26O7/c1-20(2)14-5-6-21(19(27)28,9-11(14)7-16(24)18(20)26)10-17(25)13-8-12(22)3-4-15(13)23/h3-4,7-8,14,16,18,22-24,26H,5-6,9-10H2,1-2H3,(H,27,28)/t14-,16+,18+,21+/m0/s1. The molecule has 7 nitrogen and oxygen atoms in total. The third-order valence-corrected chi connectivity index (χ3v) is 6.50. The van der Waals surface area contributed by atoms with E-state index in [1.54, 1.807) is 0 Å². The van der Waals surface area contributed by atoms with Crippen molar-refractivity contribution < 1.29 is 35.1 Å². The fourth-order valence-corrected chi connectivity index (χ4v) is 4.75. The minimum absolute atomic E-state index is 0.0809. The van der Waals surface area contributed by atoms with Gasteiger partial charge in [-0.3, -0.25) is 9.59 Å². The molecule has 3 rings (SSSR count). The number of aliphatic hydroxyl groups excluding tert-OH is 2. The zero-order chi connectivity index (χ0) is 20.9. The van der Waals surface area contributed by atoms with Crippen LogP contribution in [-0.4, -0.2) is 49.5 Å². The van der Waals surface area contributed by atoms with Gasteiger partial charge in [0, 0.05) is 11.8 Å². The molecule has 1 aromatic carbocycles. The van der Waals surface area contributed by atoms with Crippen LogP contribution in [0, 0.1) is 16.7 Å². The normalized spacial score (nSPS) is 31.6. The Morgan fingerprint density at radius 2 is 1.86 bits per heavy atom. The van der Waals surface area contributed by atoms with Crippen molar-refractivity contribution in [1.82, 2.24) is 0 Å². The van der Waals surface area contributed by atoms with Gasteiger partial charge >= 0.3 is 5.97 Å². The molecule has 152 valence electrons. The fraction of sp³-hybridized carbons (Fsp3) is 0.524. The summed E-state index contributed by atoms with van der Waals surface area (Å²) < 4.78 is 0. The third-order valence-electron chi connectivity index (χ3n) is 6.50. The fourth-order valence-electron chi connectivity index (χ4n) is 4.75. The molecule has 28 heavy (non-hydrogen) atoms. The summed E-state index contributed by atoms with van der Waals surface area (Å²) in [6.45, 7) is 3.70. The summed E-state index contributed by atoms with van der Waals surface area (Å²) in [5.41, 5.74) is -1.35. The van der Waals surface area contributed by atoms with Crippen LogP contribution in [-0.2, 0) is 4.79 Å². The number of phenols is 2. The Morgan fingerprint density at radius 1 is 1.18 bits per heavy atom. The topological polar surface area (TPSA) is 135 Å². The number of aliphatic hydroxyl groups is 2. The lowest BCUT2D eigenvalue weighted by Crippen LogP contribution is -2.51. The maximum absolute atomic E-state index is 12.8. The van der Waals surface area contributed by atoms with Crippen LogP contribution in [0.15, 0.2) is 29.8 Å². The number of Topliss-reactive ketones (excluding diaryl/α,β-unsaturated/α-hetero) is 1. The number of carbonyl (C=O) groups excluding carboxylic acids is 1. The number of rotatable bonds is 4. The van der Waals surface area contributed by atoms with Crippen LogP contribution in [0.4, 0.5) is 0 Å². The molecule has 5 N–H and O–H groups in total. The lowest BCUT2D eigenvalue weighted by atomic mass is 9.55. The molecule has 0 aliphatic heterocycles. The summed E-state index contributed by atoms with van der Waals surface area (Å²) in [7, 11) is 0. The molecule has 0 amide bonds. The van der Waals surface area contributed by atoms with E-state index in [-0.39, 0.29) is 42.2 Å². The predicted octanol–water partition coefficient (Wildman–Crippen LogP) is 2.23. The summed E-state index contributed by atoms with van der Waals surface area (Å²) in [5, 5.41) is 50.0. The number of carbonyl (C=O) groups is 2. The zero-order valence-electron chi connectivity index (χ0n) is 15.9. The highest BCUT2D eigenvalue weighted by atomic mass is 16.4. The Labute approximate surface area is 162 Å². The Hall–Kier alpha value is -2.38. The van der Waals surface area contributed by atoms with Crippen LogP contribution in [0.1, 0.15) is 49.9 Å². The number of fused-ring (bicyclic) bond motifs is 1. The predicted molar refractivity (Wildman–Crippen MR) is 100 cm³/mol. The minimum atomic E-state index is -1.37. The molecule has 1 saturated carbocycles. The van der Waals surface area contributed by atoms with Gasteiger partial charge in [-0.25, -0.2) is 0 Å². The van der Waals surface area contributed by atoms with Gasteiger partial charge in [-0.15, -0.1) is 0 Å². The van der Waals surface area contributed by atoms with Crippen molar-refractivity contribution in [2.75, 3.05) is 0 Å². The quantitative estimate of drug-likeness (QED) is 0.302. The maximum Gasteiger partial charge on any atom is 0.310 e. The smallest absolute Gasteiger partial charge is 0.310 e. The lowest BCUT2D eigenvalue weighted by Gasteiger charge is -2.50. The van der Waals surface area contributed by atoms with Gasteiger partial charge in [0.1, 0.15) is 11.5 Å². The highest BCUT2D eigenvalue weighted by Crippen LogP contribution is 2.54. The van der Waals surface area contributed by atoms with E-state index < -0.39 is 34.8 Å². The first-order valence-corrected chi connectivity index (χ1v) is 9.33. The summed E-state index contributed by atoms with van der Waals surface area (Å²) in [5.74, 6) is -2.26. The van der Waals surface area contributed by atoms with Crippen molar-refractivity contribution in [3.05, 3.63) is 35.4 Å². The number of benzene rings is 1. The number of allylic oxidation sites excluding steroid dienone is 1. The molecular weight excluding hydrogens is 364 g/mol. The van der Waals surface area contributed by atoms with Crippen molar-refractivity contribution >= 4 is 11.8 Å². The van der Waals surface area contributed by atoms with Crippen molar-refractivity contribution in [3.63, 3.8) is 0 Å². The molecule has 7 heteroatoms. The van der Waals surface area contributed by atoms with Gasteiger partial charge in [-0.05, 0) is 43.4 Å². The summed E-state index contributed by atoms with van der Waals surface area (Å²) in [6, 6.07) is 3.56. The molecule has 0 radical (unpaired) electrons. The van der Waals surface area contributed by atoms with E-state index in [1.165, 1.54) is 18.2 Å². The average molecular weight is 390 g/mol. The highest BCUT2D eigenvalue weighted by Gasteiger charge is 2.52. The molecule has 2 aliphatic carbocycles. The molecule has 1 fully saturated rings. The monoisotopic (exact) mass is 390 g/mol. The number of carboxylic acid groups (broad SMARTS) is 1. The van der Waals surface area contributed by atoms with Crippen molar-refractivity contribution in [1.29, 1.82) is 0 Å². The van der Waals surface area contributed by atoms with Gasteiger partial charge in [0.2, 0.25) is 0 Å². The Morgan fingerprint density at radius 3 is 2.50 bits per heavy atom. The number of hydrogen-bond donors (Lipinski definition) is 5. The summed E-state index contributed by atoms with van der Waals surface area (Å²) in [4.78, 5) is 24.9. The molecule has 0 unspecified atom stereocenters. The van der Waals surface area contributed by atoms with Crippen LogP contribution in [0.2, 0.25) is 0 Å². The average Bonchev–Trinajstić information content (AvgIpc) is 2.61. The van der Waals surface area contributed by atoms with E-state index in [2.05, 4.69) is 0 Å². The summed E-state index contributed by atoms with van der Waals surface area (Å²) >= 11 is 0. The van der Waals surface area contributed by atoms with E-state index in [9.17, 15) is 35.1 Å². The number of phenolic OH excluding ortho intramolecular Hbond substituents is 2. The van der Waals surface area contributed by atoms with Gasteiger partial charge in [-0.2, -0.15) is 0 Å². The molecule has 0 heterocycles. The first kappa shape index (κ1) is 20.4. The Bertz CT molecular complexity index is 841. The second kappa shape index (κ2) is 6.90. The summed E-state index contributed by atoms with van der Waals surface area (Å²) in [6.07, 6.45) is -0.0428. The molecule has 0 aromatic heterocycles. The highest BCUT2D eigenvalue weighted by molar-refractivity contribution is 6.01. The third kappa shape index (κ3) is 3.29. The Kier molecular flexibility index (Phi) is 5.02. The molecule has 1 aromatic rings. The molecule has 0 bridgehead atoms. The second-order valence-electron chi connectivity index (χ2n) is 8.65. The van der Waals surface area contributed by atoms with E-state index in [4.69, 9.17) is 0 Å². The largest absolute Gasteiger partial charge is 0.508 e. The van der Waals surface area contributed by atoms with Crippen molar-refractivity contribution in [2.24, 2.45) is 16.7 Å². The molecule has 0 spiro atoms. The van der Waals surface area contributed by atoms with Gasteiger partial charge in [0.15, 0.2) is 5.78 Å². The van der Waals surface area contributed by atoms with E-state index in [1.807, 2.05) is 13.8 Å². The van der Waals surface area contributed by atoms with Crippen LogP contribution in [0.25, 0.3) is 0 Å². The van der Waals surface area contributed by atoms with E-state index in [0.717, 1.165) is 11.6 Å². The van der Waals surface area contributed by atoms with Gasteiger partial charge < -0.3 is 25.5 Å². The number of aliphatic carboxylic acids is 1. The van der Waals surface area contributed by atoms with Crippen LogP contribution in [0.5, 0.6) is 11.5 Å². The number of hydrogen-bond acceptors (Lipinski definition) is 6. The Balaban J connectivity index is 1.92. The number of ketones is 1. The molecular formula is C21H26O7. The molecule has 4 atom stereocenters. The van der Waals surface area contributed by atoms with Crippen LogP contribution >= 0.6 is 0 Å². The first-order chi connectivity index (χ1) is 13.0. The number of carboxylic acids is 1. The number of aromatic hydroxyl groups is 2.